The molecule has 6 heteroatoms. The number of likely N-dealkylation sites (tertiary alicyclic amines) is 1. The maximum absolute atomic E-state index is 12.9. The first-order chi connectivity index (χ1) is 12.4. The van der Waals surface area contributed by atoms with E-state index in [1.54, 1.807) is 4.90 Å². The first kappa shape index (κ1) is 17.1. The SMILES string of the molecule is Cc1ccc(C2CN(C(=O)C3(C(N)=O)CC3)CC2NC(=O)C2CC2)cc1. The lowest BCUT2D eigenvalue weighted by Gasteiger charge is -2.21. The molecule has 3 N–H and O–H groups in total. The largest absolute Gasteiger partial charge is 0.369 e. The maximum Gasteiger partial charge on any atom is 0.238 e. The fourth-order valence-corrected chi connectivity index (χ4v) is 3.91. The third-order valence-corrected chi connectivity index (χ3v) is 6.02. The summed E-state index contributed by atoms with van der Waals surface area (Å²) in [5.74, 6) is -0.465. The Kier molecular flexibility index (Phi) is 4.01. The zero-order valence-electron chi connectivity index (χ0n) is 15.0. The van der Waals surface area contributed by atoms with Gasteiger partial charge in [-0.15, -0.1) is 0 Å². The van der Waals surface area contributed by atoms with E-state index in [-0.39, 0.29) is 29.7 Å². The molecule has 2 aliphatic carbocycles. The topological polar surface area (TPSA) is 92.5 Å². The minimum absolute atomic E-state index is 0.0333. The smallest absolute Gasteiger partial charge is 0.238 e. The average Bonchev–Trinajstić information content (AvgIpc) is 3.52. The second-order valence-electron chi connectivity index (χ2n) is 8.06. The van der Waals surface area contributed by atoms with E-state index in [1.807, 2.05) is 19.1 Å². The Morgan fingerprint density at radius 2 is 1.77 bits per heavy atom. The molecule has 1 saturated heterocycles. The summed E-state index contributed by atoms with van der Waals surface area (Å²) < 4.78 is 0. The van der Waals surface area contributed by atoms with E-state index in [0.717, 1.165) is 18.4 Å². The van der Waals surface area contributed by atoms with Gasteiger partial charge >= 0.3 is 0 Å². The lowest BCUT2D eigenvalue weighted by Crippen LogP contribution is -2.44. The van der Waals surface area contributed by atoms with Gasteiger partial charge in [0.1, 0.15) is 5.41 Å². The van der Waals surface area contributed by atoms with Crippen LogP contribution in [0.1, 0.15) is 42.7 Å². The summed E-state index contributed by atoms with van der Waals surface area (Å²) in [5, 5.41) is 3.14. The molecule has 2 unspecified atom stereocenters. The molecule has 3 aliphatic rings. The number of hydrogen-bond acceptors (Lipinski definition) is 3. The van der Waals surface area contributed by atoms with Crippen molar-refractivity contribution in [3.8, 4) is 0 Å². The fraction of sp³-hybridized carbons (Fsp3) is 0.550. The van der Waals surface area contributed by atoms with Crippen molar-refractivity contribution >= 4 is 17.7 Å². The van der Waals surface area contributed by atoms with E-state index in [9.17, 15) is 14.4 Å². The number of hydrogen-bond donors (Lipinski definition) is 2. The molecule has 3 fully saturated rings. The predicted molar refractivity (Wildman–Crippen MR) is 96.0 cm³/mol. The number of benzene rings is 1. The molecule has 6 nitrogen and oxygen atoms in total. The van der Waals surface area contributed by atoms with Gasteiger partial charge in [-0.25, -0.2) is 0 Å². The van der Waals surface area contributed by atoms with Crippen LogP contribution in [0.5, 0.6) is 0 Å². The van der Waals surface area contributed by atoms with Gasteiger partial charge in [-0.2, -0.15) is 0 Å². The zero-order chi connectivity index (χ0) is 18.5. The quantitative estimate of drug-likeness (QED) is 0.774. The minimum atomic E-state index is -1.01. The molecule has 138 valence electrons. The highest BCUT2D eigenvalue weighted by Crippen LogP contribution is 2.48. The summed E-state index contributed by atoms with van der Waals surface area (Å²) in [7, 11) is 0. The molecule has 1 heterocycles. The Balaban J connectivity index is 1.55. The molecule has 1 aromatic carbocycles. The fourth-order valence-electron chi connectivity index (χ4n) is 3.91. The minimum Gasteiger partial charge on any atom is -0.369 e. The molecule has 3 amide bonds. The number of aryl methyl sites for hydroxylation is 1. The van der Waals surface area contributed by atoms with Crippen molar-refractivity contribution in [1.82, 2.24) is 10.2 Å². The first-order valence-electron chi connectivity index (χ1n) is 9.37. The van der Waals surface area contributed by atoms with Crippen molar-refractivity contribution in [2.24, 2.45) is 17.1 Å². The molecule has 0 radical (unpaired) electrons. The van der Waals surface area contributed by atoms with Gasteiger partial charge in [-0.1, -0.05) is 29.8 Å². The predicted octanol–water partition coefficient (Wildman–Crippen LogP) is 1.08. The Labute approximate surface area is 153 Å². The van der Waals surface area contributed by atoms with E-state index in [1.165, 1.54) is 5.56 Å². The Bertz CT molecular complexity index is 750. The number of nitrogens with two attached hydrogens (primary N) is 1. The number of nitrogens with one attached hydrogen (secondary N) is 1. The van der Waals surface area contributed by atoms with Gasteiger partial charge in [0.15, 0.2) is 0 Å². The van der Waals surface area contributed by atoms with Crippen LogP contribution in [0.15, 0.2) is 24.3 Å². The summed E-state index contributed by atoms with van der Waals surface area (Å²) in [6.45, 7) is 2.97. The van der Waals surface area contributed by atoms with Crippen LogP contribution in [0, 0.1) is 18.3 Å². The number of amides is 3. The highest BCUT2D eigenvalue weighted by atomic mass is 16.2. The summed E-state index contributed by atoms with van der Waals surface area (Å²) in [6.07, 6.45) is 2.96. The van der Waals surface area contributed by atoms with E-state index in [4.69, 9.17) is 5.73 Å². The summed E-state index contributed by atoms with van der Waals surface area (Å²) in [6, 6.07) is 8.09. The van der Waals surface area contributed by atoms with Crippen molar-refractivity contribution < 1.29 is 14.4 Å². The average molecular weight is 355 g/mol. The van der Waals surface area contributed by atoms with Crippen molar-refractivity contribution in [3.05, 3.63) is 35.4 Å². The first-order valence-corrected chi connectivity index (χ1v) is 9.37. The van der Waals surface area contributed by atoms with Gasteiger partial charge in [0.25, 0.3) is 0 Å². The van der Waals surface area contributed by atoms with Gasteiger partial charge in [0, 0.05) is 24.9 Å². The van der Waals surface area contributed by atoms with Gasteiger partial charge in [0.2, 0.25) is 17.7 Å². The number of carbonyl (C=O) groups excluding carboxylic acids is 3. The van der Waals surface area contributed by atoms with Gasteiger partial charge in [0.05, 0.1) is 6.04 Å². The lowest BCUT2D eigenvalue weighted by atomic mass is 9.93. The van der Waals surface area contributed by atoms with Gasteiger partial charge in [-0.05, 0) is 38.2 Å². The summed E-state index contributed by atoms with van der Waals surface area (Å²) >= 11 is 0. The molecular formula is C20H25N3O3. The van der Waals surface area contributed by atoms with E-state index in [0.29, 0.717) is 25.9 Å². The van der Waals surface area contributed by atoms with Crippen molar-refractivity contribution in [2.45, 2.75) is 44.6 Å². The Hall–Kier alpha value is -2.37. The molecule has 1 aliphatic heterocycles. The summed E-state index contributed by atoms with van der Waals surface area (Å²) in [5.41, 5.74) is 6.74. The van der Waals surface area contributed by atoms with E-state index in [2.05, 4.69) is 17.4 Å². The number of carbonyl (C=O) groups is 3. The standard InChI is InChI=1S/C20H25N3O3/c1-12-2-4-13(5-3-12)15-10-23(19(26)20(8-9-20)18(21)25)11-16(15)22-17(24)14-6-7-14/h2-5,14-16H,6-11H2,1H3,(H2,21,25)(H,22,24). The molecule has 0 spiro atoms. The third-order valence-electron chi connectivity index (χ3n) is 6.02. The van der Waals surface area contributed by atoms with Crippen LogP contribution in [-0.4, -0.2) is 41.8 Å². The third kappa shape index (κ3) is 2.97. The lowest BCUT2D eigenvalue weighted by molar-refractivity contribution is -0.142. The second kappa shape index (κ2) is 6.11. The molecule has 26 heavy (non-hydrogen) atoms. The maximum atomic E-state index is 12.9. The van der Waals surface area contributed by atoms with Crippen LogP contribution >= 0.6 is 0 Å². The number of primary amides is 1. The van der Waals surface area contributed by atoms with Crippen LogP contribution in [0.2, 0.25) is 0 Å². The van der Waals surface area contributed by atoms with E-state index < -0.39 is 11.3 Å². The molecule has 2 atom stereocenters. The highest BCUT2D eigenvalue weighted by molar-refractivity contribution is 6.07. The Morgan fingerprint density at radius 3 is 2.31 bits per heavy atom. The van der Waals surface area contributed by atoms with Gasteiger partial charge < -0.3 is 16.0 Å². The van der Waals surface area contributed by atoms with Crippen molar-refractivity contribution in [1.29, 1.82) is 0 Å². The number of nitrogens with zero attached hydrogens (tertiary/aromatic N) is 1. The molecule has 1 aromatic rings. The summed E-state index contributed by atoms with van der Waals surface area (Å²) in [4.78, 5) is 38.6. The normalized spacial score (nSPS) is 26.4. The highest BCUT2D eigenvalue weighted by Gasteiger charge is 2.58. The van der Waals surface area contributed by atoms with Gasteiger partial charge in [-0.3, -0.25) is 14.4 Å². The van der Waals surface area contributed by atoms with Crippen LogP contribution in [0.4, 0.5) is 0 Å². The molecule has 4 rings (SSSR count). The van der Waals surface area contributed by atoms with Crippen molar-refractivity contribution in [3.63, 3.8) is 0 Å². The van der Waals surface area contributed by atoms with Crippen LogP contribution in [0.3, 0.4) is 0 Å². The van der Waals surface area contributed by atoms with E-state index >= 15 is 0 Å². The zero-order valence-corrected chi connectivity index (χ0v) is 15.0. The van der Waals surface area contributed by atoms with Crippen molar-refractivity contribution in [2.75, 3.05) is 13.1 Å². The van der Waals surface area contributed by atoms with Crippen LogP contribution in [0.25, 0.3) is 0 Å². The molecule has 0 bridgehead atoms. The molecule has 0 aromatic heterocycles. The second-order valence-corrected chi connectivity index (χ2v) is 8.06. The monoisotopic (exact) mass is 355 g/mol. The number of rotatable bonds is 5. The molecular weight excluding hydrogens is 330 g/mol. The molecule has 2 saturated carbocycles. The van der Waals surface area contributed by atoms with Crippen LogP contribution < -0.4 is 11.1 Å². The Morgan fingerprint density at radius 1 is 1.12 bits per heavy atom. The van der Waals surface area contributed by atoms with Crippen LogP contribution in [-0.2, 0) is 14.4 Å².